The summed E-state index contributed by atoms with van der Waals surface area (Å²) in [5.74, 6) is -0.0188. The third-order valence-electron chi connectivity index (χ3n) is 5.93. The van der Waals surface area contributed by atoms with E-state index in [1.54, 1.807) is 12.1 Å². The second-order valence-corrected chi connectivity index (χ2v) is 9.34. The van der Waals surface area contributed by atoms with Gasteiger partial charge in [-0.2, -0.15) is 0 Å². The quantitative estimate of drug-likeness (QED) is 0.254. The zero-order chi connectivity index (χ0) is 25.2. The fourth-order valence-corrected chi connectivity index (χ4v) is 4.83. The number of carbonyl (C=O) groups is 1. The van der Waals surface area contributed by atoms with Crippen LogP contribution in [0, 0.1) is 4.91 Å². The Labute approximate surface area is 216 Å². The van der Waals surface area contributed by atoms with Crippen LogP contribution in [-0.2, 0) is 22.7 Å². The molecular weight excluding hydrogens is 470 g/mol. The zero-order valence-corrected chi connectivity index (χ0v) is 21.1. The number of amides is 1. The van der Waals surface area contributed by atoms with Crippen molar-refractivity contribution in [1.82, 2.24) is 10.0 Å². The third-order valence-corrected chi connectivity index (χ3v) is 6.71. The van der Waals surface area contributed by atoms with Crippen LogP contribution < -0.4 is 10.0 Å². The smallest absolute Gasteiger partial charge is 0.317 e. The van der Waals surface area contributed by atoms with Crippen molar-refractivity contribution in [2.45, 2.75) is 37.2 Å². The van der Waals surface area contributed by atoms with Gasteiger partial charge >= 0.3 is 5.69 Å². The Hall–Kier alpha value is -3.68. The number of rotatable bonds is 10. The van der Waals surface area contributed by atoms with Crippen LogP contribution in [0.2, 0.25) is 0 Å². The predicted molar refractivity (Wildman–Crippen MR) is 144 cm³/mol. The minimum atomic E-state index is -0.0188. The van der Waals surface area contributed by atoms with Gasteiger partial charge in [-0.15, -0.1) is 0 Å². The van der Waals surface area contributed by atoms with Gasteiger partial charge in [0, 0.05) is 35.7 Å². The summed E-state index contributed by atoms with van der Waals surface area (Å²) in [7, 11) is 1.34. The van der Waals surface area contributed by atoms with Crippen LogP contribution in [0.5, 0.6) is 0 Å². The molecule has 3 aromatic rings. The van der Waals surface area contributed by atoms with E-state index in [1.165, 1.54) is 19.1 Å². The summed E-state index contributed by atoms with van der Waals surface area (Å²) in [4.78, 5) is 31.1. The summed E-state index contributed by atoms with van der Waals surface area (Å²) in [6.07, 6.45) is 6.87. The van der Waals surface area contributed by atoms with Crippen molar-refractivity contribution in [2.24, 2.45) is 0 Å². The normalized spacial score (nSPS) is 13.2. The Morgan fingerprint density at radius 1 is 1.00 bits per heavy atom. The molecule has 0 bridgehead atoms. The first-order valence-corrected chi connectivity index (χ1v) is 12.8. The Balaban J connectivity index is 1.51. The highest BCUT2D eigenvalue weighted by Crippen LogP contribution is 2.30. The maximum Gasteiger partial charge on any atom is 0.317 e. The van der Waals surface area contributed by atoms with E-state index in [1.807, 2.05) is 54.6 Å². The molecule has 0 spiro atoms. The summed E-state index contributed by atoms with van der Waals surface area (Å²) in [5.41, 5.74) is 5.45. The molecule has 0 radical (unpaired) electrons. The maximum atomic E-state index is 13.3. The molecule has 6 nitrogen and oxygen atoms in total. The Morgan fingerprint density at radius 2 is 1.81 bits per heavy atom. The second-order valence-electron chi connectivity index (χ2n) is 8.37. The van der Waals surface area contributed by atoms with Crippen LogP contribution in [0.3, 0.4) is 0 Å². The highest BCUT2D eigenvalue weighted by molar-refractivity contribution is 7.97. The number of hydrogen-bond acceptors (Lipinski definition) is 5. The molecule has 0 aromatic heterocycles. The molecule has 1 amide bonds. The van der Waals surface area contributed by atoms with Gasteiger partial charge in [0.1, 0.15) is 0 Å². The molecule has 184 valence electrons. The molecule has 1 aliphatic rings. The lowest BCUT2D eigenvalue weighted by Crippen LogP contribution is -2.25. The van der Waals surface area contributed by atoms with Gasteiger partial charge in [0.05, 0.1) is 4.91 Å². The van der Waals surface area contributed by atoms with Crippen molar-refractivity contribution < 1.29 is 14.6 Å². The van der Waals surface area contributed by atoms with Crippen molar-refractivity contribution >= 4 is 29.1 Å². The summed E-state index contributed by atoms with van der Waals surface area (Å²) in [6, 6.07) is 25.4. The molecule has 0 aliphatic heterocycles. The minimum absolute atomic E-state index is 0.0188. The van der Waals surface area contributed by atoms with Gasteiger partial charge in [0.2, 0.25) is 5.91 Å². The zero-order valence-electron chi connectivity index (χ0n) is 20.3. The van der Waals surface area contributed by atoms with Gasteiger partial charge < -0.3 is 5.32 Å². The van der Waals surface area contributed by atoms with Gasteiger partial charge in [-0.1, -0.05) is 72.8 Å². The summed E-state index contributed by atoms with van der Waals surface area (Å²) in [5, 5.41) is 3.11. The lowest BCUT2D eigenvalue weighted by atomic mass is 9.93. The van der Waals surface area contributed by atoms with Crippen molar-refractivity contribution in [3.8, 4) is 0 Å². The molecule has 7 heteroatoms. The van der Waals surface area contributed by atoms with Gasteiger partial charge in [-0.25, -0.2) is 4.84 Å². The molecule has 2 N–H and O–H groups in total. The SMILES string of the molecule is CO[N+](=O)c1cccc(SNCc2ccccc2C2=C(C(=O)NCc3ccccc3)CCCC=C2)c1. The first kappa shape index (κ1) is 25.4. The fraction of sp³-hybridized carbons (Fsp3) is 0.207. The molecule has 0 fully saturated rings. The molecular formula is C29H30N3O3S+. The number of nitrogens with zero attached hydrogens (tertiary/aromatic N) is 1. The predicted octanol–water partition coefficient (Wildman–Crippen LogP) is 6.27. The highest BCUT2D eigenvalue weighted by atomic mass is 32.2. The Kier molecular flexibility index (Phi) is 9.08. The van der Waals surface area contributed by atoms with E-state index in [-0.39, 0.29) is 5.91 Å². The molecule has 3 aromatic carbocycles. The number of carbonyl (C=O) groups excluding carboxylic acids is 1. The fourth-order valence-electron chi connectivity index (χ4n) is 4.11. The summed E-state index contributed by atoms with van der Waals surface area (Å²) in [6.45, 7) is 1.09. The second kappa shape index (κ2) is 12.9. The van der Waals surface area contributed by atoms with E-state index in [2.05, 4.69) is 34.3 Å². The summed E-state index contributed by atoms with van der Waals surface area (Å²) >= 11 is 1.45. The van der Waals surface area contributed by atoms with E-state index < -0.39 is 0 Å². The Bertz CT molecular complexity index is 1270. The van der Waals surface area contributed by atoms with Gasteiger partial charge in [-0.05, 0) is 59.5 Å². The van der Waals surface area contributed by atoms with E-state index >= 15 is 0 Å². The van der Waals surface area contributed by atoms with Gasteiger partial charge in [0.15, 0.2) is 7.11 Å². The molecule has 4 rings (SSSR count). The number of benzene rings is 3. The standard InChI is InChI=1S/C29H29N3O3S/c1-35-32(34)24-14-10-15-25(19-24)36-31-21-23-13-8-9-16-26(23)27-17-6-3-7-18-28(27)29(33)30-20-22-11-4-2-5-12-22/h2,4-6,8-17,19,31H,3,7,18,20-21H2,1H3/p+1. The van der Waals surface area contributed by atoms with E-state index in [0.29, 0.717) is 23.7 Å². The van der Waals surface area contributed by atoms with E-state index in [0.717, 1.165) is 52.0 Å². The average Bonchev–Trinajstić information content (AvgIpc) is 3.18. The number of hydrogen-bond donors (Lipinski definition) is 2. The van der Waals surface area contributed by atoms with Crippen molar-refractivity contribution in [2.75, 3.05) is 7.11 Å². The lowest BCUT2D eigenvalue weighted by Gasteiger charge is -2.16. The number of nitrogens with one attached hydrogen (secondary N) is 2. The van der Waals surface area contributed by atoms with Crippen LogP contribution in [0.25, 0.3) is 5.57 Å². The molecule has 0 heterocycles. The first-order valence-electron chi connectivity index (χ1n) is 12.0. The maximum absolute atomic E-state index is 13.3. The van der Waals surface area contributed by atoms with Crippen molar-refractivity contribution in [1.29, 1.82) is 0 Å². The summed E-state index contributed by atoms with van der Waals surface area (Å²) < 4.78 is 3.40. The largest absolute Gasteiger partial charge is 0.348 e. The molecule has 0 unspecified atom stereocenters. The first-order chi connectivity index (χ1) is 17.7. The number of allylic oxidation sites excluding steroid dienone is 3. The van der Waals surface area contributed by atoms with Crippen LogP contribution in [0.4, 0.5) is 5.69 Å². The average molecular weight is 501 g/mol. The monoisotopic (exact) mass is 500 g/mol. The molecule has 0 saturated carbocycles. The van der Waals surface area contributed by atoms with Crippen LogP contribution >= 0.6 is 11.9 Å². The van der Waals surface area contributed by atoms with Crippen molar-refractivity contribution in [3.63, 3.8) is 0 Å². The van der Waals surface area contributed by atoms with Crippen molar-refractivity contribution in [3.05, 3.63) is 118 Å². The lowest BCUT2D eigenvalue weighted by molar-refractivity contribution is -0.736. The van der Waals surface area contributed by atoms with E-state index in [4.69, 9.17) is 4.84 Å². The topological polar surface area (TPSA) is 70.4 Å². The Morgan fingerprint density at radius 3 is 2.64 bits per heavy atom. The molecule has 1 aliphatic carbocycles. The highest BCUT2D eigenvalue weighted by Gasteiger charge is 2.19. The van der Waals surface area contributed by atoms with Crippen LogP contribution in [0.15, 0.2) is 101 Å². The van der Waals surface area contributed by atoms with Gasteiger partial charge in [0.25, 0.3) is 4.92 Å². The van der Waals surface area contributed by atoms with Crippen LogP contribution in [0.1, 0.15) is 36.0 Å². The minimum Gasteiger partial charge on any atom is -0.348 e. The molecule has 36 heavy (non-hydrogen) atoms. The van der Waals surface area contributed by atoms with E-state index in [9.17, 15) is 9.70 Å². The van der Waals surface area contributed by atoms with Crippen LogP contribution in [-0.4, -0.2) is 17.9 Å². The molecule has 0 atom stereocenters. The molecule has 0 saturated heterocycles. The third kappa shape index (κ3) is 6.71. The van der Waals surface area contributed by atoms with Gasteiger partial charge in [-0.3, -0.25) is 9.52 Å².